The minimum atomic E-state index is -0.812. The molecule has 0 aliphatic rings. The smallest absolute Gasteiger partial charge is 0.328 e. The van der Waals surface area contributed by atoms with Crippen LogP contribution >= 0.6 is 0 Å². The molecule has 0 saturated heterocycles. The molecule has 1 heterocycles. The number of aromatic nitrogens is 2. The number of esters is 1. The van der Waals surface area contributed by atoms with E-state index >= 15 is 0 Å². The molecular formula is C18H30N4O4. The molecule has 0 unspecified atom stereocenters. The molecule has 2 atom stereocenters. The normalized spacial score (nSPS) is 13.4. The lowest BCUT2D eigenvalue weighted by atomic mass is 10.1. The van der Waals surface area contributed by atoms with Gasteiger partial charge in [0.15, 0.2) is 0 Å². The molecule has 0 aliphatic heterocycles. The molecule has 0 radical (unpaired) electrons. The molecule has 0 aromatic carbocycles. The zero-order valence-corrected chi connectivity index (χ0v) is 15.5. The van der Waals surface area contributed by atoms with Gasteiger partial charge in [0, 0.05) is 26.1 Å². The number of hydrogen-bond acceptors (Lipinski definition) is 5. The predicted octanol–water partition coefficient (Wildman–Crippen LogP) is 1.48. The molecule has 1 aromatic heterocycles. The summed E-state index contributed by atoms with van der Waals surface area (Å²) in [4.78, 5) is 43.0. The van der Waals surface area contributed by atoms with Crippen molar-refractivity contribution >= 4 is 17.8 Å². The maximum absolute atomic E-state index is 12.5. The van der Waals surface area contributed by atoms with E-state index in [0.717, 1.165) is 32.1 Å². The van der Waals surface area contributed by atoms with Crippen molar-refractivity contribution in [3.63, 3.8) is 0 Å². The van der Waals surface area contributed by atoms with E-state index < -0.39 is 24.0 Å². The Labute approximate surface area is 155 Å². The Balaban J connectivity index is 2.54. The van der Waals surface area contributed by atoms with Crippen LogP contribution in [0.3, 0.4) is 0 Å². The van der Waals surface area contributed by atoms with E-state index in [9.17, 15) is 14.4 Å². The average Bonchev–Trinajstić information content (AvgIpc) is 3.16. The first-order valence-corrected chi connectivity index (χ1v) is 8.92. The standard InChI is InChI=1S/C18H30N4O4/c1-4-5-6-7-8-9-16(23)22-15(10-14-11-19-12-20-14)17(24)21-13(2)18(25)26-3/h11-13,15H,4-10H2,1-3H3,(H,19,20)(H,21,24)(H,22,23)/t13-,15-/m0/s1/i1D. The summed E-state index contributed by atoms with van der Waals surface area (Å²) in [5, 5.41) is 5.30. The molecular weight excluding hydrogens is 336 g/mol. The predicted molar refractivity (Wildman–Crippen MR) is 97.2 cm³/mol. The molecule has 1 aromatic rings. The number of methoxy groups -OCH3 is 1. The molecule has 0 saturated carbocycles. The van der Waals surface area contributed by atoms with Gasteiger partial charge < -0.3 is 20.4 Å². The second kappa shape index (κ2) is 12.1. The van der Waals surface area contributed by atoms with Crippen LogP contribution in [-0.2, 0) is 25.5 Å². The van der Waals surface area contributed by atoms with Crippen LogP contribution in [-0.4, -0.2) is 46.9 Å². The largest absolute Gasteiger partial charge is 0.467 e. The van der Waals surface area contributed by atoms with Crippen LogP contribution in [0.2, 0.25) is 0 Å². The van der Waals surface area contributed by atoms with Gasteiger partial charge in [-0.25, -0.2) is 9.78 Å². The third-order valence-corrected chi connectivity index (χ3v) is 3.95. The quantitative estimate of drug-likeness (QED) is 0.382. The fourth-order valence-electron chi connectivity index (χ4n) is 2.46. The molecule has 8 nitrogen and oxygen atoms in total. The number of aromatic amines is 1. The van der Waals surface area contributed by atoms with Gasteiger partial charge in [0.1, 0.15) is 12.1 Å². The fourth-order valence-corrected chi connectivity index (χ4v) is 2.46. The van der Waals surface area contributed by atoms with Crippen molar-refractivity contribution in [3.05, 3.63) is 18.2 Å². The van der Waals surface area contributed by atoms with Crippen LogP contribution in [0.5, 0.6) is 0 Å². The Hall–Kier alpha value is -2.38. The van der Waals surface area contributed by atoms with Crippen molar-refractivity contribution in [3.8, 4) is 0 Å². The first-order chi connectivity index (χ1) is 13.0. The van der Waals surface area contributed by atoms with Gasteiger partial charge >= 0.3 is 5.97 Å². The van der Waals surface area contributed by atoms with Crippen LogP contribution in [0, 0.1) is 0 Å². The highest BCUT2D eigenvalue weighted by Gasteiger charge is 2.25. The summed E-state index contributed by atoms with van der Waals surface area (Å²) in [7, 11) is 1.25. The van der Waals surface area contributed by atoms with Gasteiger partial charge in [0.25, 0.3) is 0 Å². The number of rotatable bonds is 12. The number of amides is 2. The minimum absolute atomic E-state index is 0.208. The van der Waals surface area contributed by atoms with Crippen molar-refractivity contribution in [2.75, 3.05) is 7.11 Å². The number of nitrogens with zero attached hydrogens (tertiary/aromatic N) is 1. The highest BCUT2D eigenvalue weighted by atomic mass is 16.5. The van der Waals surface area contributed by atoms with Gasteiger partial charge in [-0.2, -0.15) is 0 Å². The highest BCUT2D eigenvalue weighted by molar-refractivity contribution is 5.90. The summed E-state index contributed by atoms with van der Waals surface area (Å²) in [6.07, 6.45) is 8.21. The van der Waals surface area contributed by atoms with Crippen LogP contribution in [0.15, 0.2) is 12.5 Å². The van der Waals surface area contributed by atoms with E-state index in [2.05, 4.69) is 25.3 Å². The van der Waals surface area contributed by atoms with Crippen molar-refractivity contribution < 1.29 is 20.5 Å². The number of hydrogen-bond donors (Lipinski definition) is 3. The monoisotopic (exact) mass is 367 g/mol. The maximum Gasteiger partial charge on any atom is 0.328 e. The van der Waals surface area contributed by atoms with E-state index in [1.807, 2.05) is 0 Å². The number of carbonyl (C=O) groups excluding carboxylic acids is 3. The van der Waals surface area contributed by atoms with E-state index in [1.165, 1.54) is 20.4 Å². The molecule has 0 aliphatic carbocycles. The van der Waals surface area contributed by atoms with Crippen LogP contribution < -0.4 is 10.6 Å². The molecule has 3 N–H and O–H groups in total. The number of imidazole rings is 1. The lowest BCUT2D eigenvalue weighted by Gasteiger charge is -2.20. The number of nitrogens with one attached hydrogen (secondary N) is 3. The summed E-state index contributed by atoms with van der Waals surface area (Å²) >= 11 is 0. The van der Waals surface area contributed by atoms with Gasteiger partial charge in [0.2, 0.25) is 11.8 Å². The summed E-state index contributed by atoms with van der Waals surface area (Å²) in [6, 6.07) is -1.62. The van der Waals surface area contributed by atoms with Crippen LogP contribution in [0.4, 0.5) is 0 Å². The number of carbonyl (C=O) groups is 3. The van der Waals surface area contributed by atoms with Crippen molar-refractivity contribution in [1.29, 1.82) is 0 Å². The topological polar surface area (TPSA) is 113 Å². The second-order valence-electron chi connectivity index (χ2n) is 6.17. The van der Waals surface area contributed by atoms with E-state index in [4.69, 9.17) is 1.37 Å². The zero-order valence-electron chi connectivity index (χ0n) is 16.5. The van der Waals surface area contributed by atoms with E-state index in [1.54, 1.807) is 6.20 Å². The summed E-state index contributed by atoms with van der Waals surface area (Å²) in [6.45, 7) is 1.96. The van der Waals surface area contributed by atoms with Crippen LogP contribution in [0.1, 0.15) is 59.4 Å². The van der Waals surface area contributed by atoms with Crippen LogP contribution in [0.25, 0.3) is 0 Å². The zero-order chi connectivity index (χ0) is 20.1. The third kappa shape index (κ3) is 8.13. The first-order valence-electron chi connectivity index (χ1n) is 9.62. The Morgan fingerprint density at radius 2 is 2.04 bits per heavy atom. The molecule has 2 amide bonds. The molecule has 8 heteroatoms. The van der Waals surface area contributed by atoms with Crippen molar-refractivity contribution in [2.24, 2.45) is 0 Å². The molecule has 146 valence electrons. The SMILES string of the molecule is [2H]CCCCCCCC(=O)N[C@@H](Cc1cnc[nH]1)C(=O)N[C@@H](C)C(=O)OC. The Bertz CT molecular complexity index is 580. The second-order valence-corrected chi connectivity index (χ2v) is 6.17. The maximum atomic E-state index is 12.5. The van der Waals surface area contributed by atoms with Gasteiger partial charge in [-0.15, -0.1) is 0 Å². The van der Waals surface area contributed by atoms with Gasteiger partial charge in [-0.1, -0.05) is 32.6 Å². The van der Waals surface area contributed by atoms with E-state index in [0.29, 0.717) is 19.0 Å². The summed E-state index contributed by atoms with van der Waals surface area (Å²) < 4.78 is 11.7. The minimum Gasteiger partial charge on any atom is -0.467 e. The van der Waals surface area contributed by atoms with Gasteiger partial charge in [-0.05, 0) is 13.3 Å². The molecule has 26 heavy (non-hydrogen) atoms. The lowest BCUT2D eigenvalue weighted by Crippen LogP contribution is -2.51. The first kappa shape index (κ1) is 19.9. The molecule has 0 fully saturated rings. The Morgan fingerprint density at radius 3 is 2.69 bits per heavy atom. The van der Waals surface area contributed by atoms with Crippen molar-refractivity contribution in [1.82, 2.24) is 20.6 Å². The lowest BCUT2D eigenvalue weighted by molar-refractivity contribution is -0.144. The molecule has 0 bridgehead atoms. The number of unbranched alkanes of at least 4 members (excludes halogenated alkanes) is 4. The molecule has 0 spiro atoms. The Morgan fingerprint density at radius 1 is 1.27 bits per heavy atom. The third-order valence-electron chi connectivity index (χ3n) is 3.95. The number of H-pyrrole nitrogens is 1. The van der Waals surface area contributed by atoms with Gasteiger partial charge in [-0.3, -0.25) is 9.59 Å². The summed E-state index contributed by atoms with van der Waals surface area (Å²) in [5.41, 5.74) is 0.705. The summed E-state index contributed by atoms with van der Waals surface area (Å²) in [5.74, 6) is -1.21. The average molecular weight is 367 g/mol. The number of ether oxygens (including phenoxy) is 1. The van der Waals surface area contributed by atoms with E-state index in [-0.39, 0.29) is 12.3 Å². The van der Waals surface area contributed by atoms with Crippen molar-refractivity contribution in [2.45, 2.75) is 70.9 Å². The Kier molecular flexibility index (Phi) is 9.24. The highest BCUT2D eigenvalue weighted by Crippen LogP contribution is 2.06. The molecule has 1 rings (SSSR count). The van der Waals surface area contributed by atoms with Gasteiger partial charge in [0.05, 0.1) is 13.4 Å². The fraction of sp³-hybridized carbons (Fsp3) is 0.667.